The second-order valence-electron chi connectivity index (χ2n) is 9.38. The number of β-amino-alcohol motifs (C(OH)–C–C–N with tert-alkyl or cyclic N) is 1. The minimum absolute atomic E-state index is 0.290. The van der Waals surface area contributed by atoms with Crippen LogP contribution in [0.3, 0.4) is 0 Å². The summed E-state index contributed by atoms with van der Waals surface area (Å²) in [6.07, 6.45) is -1.96. The number of aromatic nitrogens is 2. The third-order valence-corrected chi connectivity index (χ3v) is 7.16. The molecule has 1 aliphatic carbocycles. The molecule has 0 spiro atoms. The van der Waals surface area contributed by atoms with Gasteiger partial charge in [0.05, 0.1) is 29.7 Å². The molecule has 2 aliphatic heterocycles. The zero-order chi connectivity index (χ0) is 24.3. The molecule has 1 fully saturated rings. The van der Waals surface area contributed by atoms with Crippen molar-refractivity contribution in [1.29, 1.82) is 0 Å². The molecule has 3 aliphatic rings. The minimum Gasteiger partial charge on any atom is -0.493 e. The maximum absolute atomic E-state index is 14.1. The lowest BCUT2D eigenvalue weighted by atomic mass is 10.0. The number of hydrogen-bond donors (Lipinski definition) is 1. The molecule has 1 N–H and O–H groups in total. The zero-order valence-electron chi connectivity index (χ0n) is 18.9. The molecule has 1 atom stereocenters. The highest BCUT2D eigenvalue weighted by atomic mass is 19.4. The maximum atomic E-state index is 14.1. The van der Waals surface area contributed by atoms with Crippen molar-refractivity contribution >= 4 is 5.69 Å². The van der Waals surface area contributed by atoms with Gasteiger partial charge in [0.1, 0.15) is 5.75 Å². The van der Waals surface area contributed by atoms with E-state index in [0.717, 1.165) is 46.0 Å². The summed E-state index contributed by atoms with van der Waals surface area (Å²) in [5.74, 6) is 0.804. The van der Waals surface area contributed by atoms with Gasteiger partial charge in [-0.05, 0) is 73.2 Å². The number of fused-ring (bicyclic) bond motifs is 2. The highest BCUT2D eigenvalue weighted by Crippen LogP contribution is 2.38. The first-order valence-electron chi connectivity index (χ1n) is 11.9. The van der Waals surface area contributed by atoms with Gasteiger partial charge in [0.25, 0.3) is 5.56 Å². The molecule has 2 aromatic carbocycles. The molecule has 1 saturated heterocycles. The SMILES string of the molecule is O=c1c2c(c(-c3ccc4c(c3)CCO4)nn1-c1cc(N3CCC(O)C3)ccc1C(F)(F)F)CCC2. The maximum Gasteiger partial charge on any atom is 0.418 e. The third-order valence-electron chi connectivity index (χ3n) is 7.16. The third kappa shape index (κ3) is 3.78. The van der Waals surface area contributed by atoms with Gasteiger partial charge in [0, 0.05) is 36.3 Å². The number of benzene rings is 2. The number of hydrogen-bond acceptors (Lipinski definition) is 5. The van der Waals surface area contributed by atoms with E-state index in [2.05, 4.69) is 5.10 Å². The number of nitrogens with zero attached hydrogens (tertiary/aromatic N) is 3. The van der Waals surface area contributed by atoms with E-state index in [9.17, 15) is 23.1 Å². The second-order valence-corrected chi connectivity index (χ2v) is 9.38. The Bertz CT molecular complexity index is 1380. The lowest BCUT2D eigenvalue weighted by Crippen LogP contribution is -2.29. The highest BCUT2D eigenvalue weighted by molar-refractivity contribution is 5.68. The average molecular weight is 483 g/mol. The molecule has 0 bridgehead atoms. The molecule has 6 rings (SSSR count). The van der Waals surface area contributed by atoms with Gasteiger partial charge in [0.2, 0.25) is 0 Å². The number of aliphatic hydroxyl groups excluding tert-OH is 1. The van der Waals surface area contributed by atoms with Gasteiger partial charge in [-0.1, -0.05) is 0 Å². The van der Waals surface area contributed by atoms with Crippen molar-refractivity contribution in [3.05, 3.63) is 69.0 Å². The standard InChI is InChI=1S/C26H24F3N3O3/c27-26(28,29)21-6-5-17(31-10-8-18(33)14-31)13-22(21)32-25(34)20-3-1-2-19(20)24(30-32)16-4-7-23-15(12-16)9-11-35-23/h4-7,12-13,18,33H,1-3,8-11,14H2. The number of alkyl halides is 3. The molecule has 1 unspecified atom stereocenters. The van der Waals surface area contributed by atoms with E-state index in [1.807, 2.05) is 23.1 Å². The van der Waals surface area contributed by atoms with Gasteiger partial charge in [-0.15, -0.1) is 0 Å². The van der Waals surface area contributed by atoms with Crippen molar-refractivity contribution in [2.24, 2.45) is 0 Å². The van der Waals surface area contributed by atoms with Gasteiger partial charge in [0.15, 0.2) is 0 Å². The summed E-state index contributed by atoms with van der Waals surface area (Å²) in [4.78, 5) is 15.3. The number of anilines is 1. The first-order chi connectivity index (χ1) is 16.8. The van der Waals surface area contributed by atoms with E-state index in [1.54, 1.807) is 0 Å². The lowest BCUT2D eigenvalue weighted by Gasteiger charge is -2.22. The Labute approximate surface area is 199 Å². The van der Waals surface area contributed by atoms with Crippen LogP contribution in [0.2, 0.25) is 0 Å². The number of rotatable bonds is 3. The summed E-state index contributed by atoms with van der Waals surface area (Å²) in [7, 11) is 0. The van der Waals surface area contributed by atoms with Crippen LogP contribution in [0.4, 0.5) is 18.9 Å². The predicted molar refractivity (Wildman–Crippen MR) is 124 cm³/mol. The lowest BCUT2D eigenvalue weighted by molar-refractivity contribution is -0.137. The zero-order valence-corrected chi connectivity index (χ0v) is 18.9. The molecule has 182 valence electrons. The number of aliphatic hydroxyl groups is 1. The molecular weight excluding hydrogens is 459 g/mol. The van der Waals surface area contributed by atoms with Crippen LogP contribution in [0, 0.1) is 0 Å². The Kier molecular flexibility index (Phi) is 5.14. The fourth-order valence-corrected chi connectivity index (χ4v) is 5.41. The molecule has 1 aromatic heterocycles. The summed E-state index contributed by atoms with van der Waals surface area (Å²) in [6.45, 7) is 1.46. The summed E-state index contributed by atoms with van der Waals surface area (Å²) in [5, 5.41) is 14.5. The Hall–Kier alpha value is -3.33. The van der Waals surface area contributed by atoms with Crippen molar-refractivity contribution in [2.45, 2.75) is 44.4 Å². The van der Waals surface area contributed by atoms with Crippen molar-refractivity contribution < 1.29 is 23.0 Å². The predicted octanol–water partition coefficient (Wildman–Crippen LogP) is 3.91. The van der Waals surface area contributed by atoms with Crippen LogP contribution in [-0.4, -0.2) is 40.7 Å². The van der Waals surface area contributed by atoms with Crippen LogP contribution < -0.4 is 15.2 Å². The smallest absolute Gasteiger partial charge is 0.418 e. The van der Waals surface area contributed by atoms with Gasteiger partial charge in [-0.2, -0.15) is 23.0 Å². The largest absolute Gasteiger partial charge is 0.493 e. The highest BCUT2D eigenvalue weighted by Gasteiger charge is 2.36. The van der Waals surface area contributed by atoms with Crippen LogP contribution >= 0.6 is 0 Å². The minimum atomic E-state index is -4.66. The van der Waals surface area contributed by atoms with Crippen LogP contribution in [0.25, 0.3) is 16.9 Å². The van der Waals surface area contributed by atoms with Crippen LogP contribution in [0.5, 0.6) is 5.75 Å². The van der Waals surface area contributed by atoms with Crippen molar-refractivity contribution in [2.75, 3.05) is 24.6 Å². The average Bonchev–Trinajstić information content (AvgIpc) is 3.59. The molecular formula is C26H24F3N3O3. The van der Waals surface area contributed by atoms with Gasteiger partial charge >= 0.3 is 6.18 Å². The Morgan fingerprint density at radius 1 is 1.06 bits per heavy atom. The summed E-state index contributed by atoms with van der Waals surface area (Å²) in [5.41, 5.74) is 2.50. The molecule has 3 heterocycles. The topological polar surface area (TPSA) is 67.6 Å². The fourth-order valence-electron chi connectivity index (χ4n) is 5.41. The fraction of sp³-hybridized carbons (Fsp3) is 0.385. The van der Waals surface area contributed by atoms with E-state index in [4.69, 9.17) is 4.74 Å². The summed E-state index contributed by atoms with van der Waals surface area (Å²) in [6, 6.07) is 9.44. The van der Waals surface area contributed by atoms with E-state index in [0.29, 0.717) is 55.9 Å². The Morgan fingerprint density at radius 2 is 1.89 bits per heavy atom. The normalized spacial score (nSPS) is 19.1. The molecule has 3 aromatic rings. The quantitative estimate of drug-likeness (QED) is 0.612. The molecule has 9 heteroatoms. The van der Waals surface area contributed by atoms with Gasteiger partial charge in [-0.3, -0.25) is 4.79 Å². The van der Waals surface area contributed by atoms with Gasteiger partial charge in [-0.25, -0.2) is 0 Å². The molecule has 0 saturated carbocycles. The Balaban J connectivity index is 1.56. The van der Waals surface area contributed by atoms with Crippen molar-refractivity contribution in [3.63, 3.8) is 0 Å². The summed E-state index contributed by atoms with van der Waals surface area (Å²) < 4.78 is 48.7. The van der Waals surface area contributed by atoms with Gasteiger partial charge < -0.3 is 14.7 Å². The molecule has 6 nitrogen and oxygen atoms in total. The number of ether oxygens (including phenoxy) is 1. The first-order valence-corrected chi connectivity index (χ1v) is 11.9. The van der Waals surface area contributed by atoms with E-state index in [1.165, 1.54) is 12.1 Å². The molecule has 0 amide bonds. The Morgan fingerprint density at radius 3 is 2.66 bits per heavy atom. The second kappa shape index (κ2) is 8.12. The molecule has 35 heavy (non-hydrogen) atoms. The first kappa shape index (κ1) is 22.2. The van der Waals surface area contributed by atoms with Crippen LogP contribution in [0.1, 0.15) is 35.1 Å². The number of halogens is 3. The van der Waals surface area contributed by atoms with Crippen molar-refractivity contribution in [1.82, 2.24) is 9.78 Å². The van der Waals surface area contributed by atoms with E-state index in [-0.39, 0.29) is 5.69 Å². The van der Waals surface area contributed by atoms with E-state index < -0.39 is 23.4 Å². The van der Waals surface area contributed by atoms with Crippen LogP contribution in [0.15, 0.2) is 41.2 Å². The monoisotopic (exact) mass is 483 g/mol. The van der Waals surface area contributed by atoms with Crippen molar-refractivity contribution in [3.8, 4) is 22.7 Å². The molecule has 0 radical (unpaired) electrons. The van der Waals surface area contributed by atoms with E-state index >= 15 is 0 Å². The van der Waals surface area contributed by atoms with Crippen LogP contribution in [-0.2, 0) is 25.4 Å². The summed E-state index contributed by atoms with van der Waals surface area (Å²) >= 11 is 0.